The van der Waals surface area contributed by atoms with Gasteiger partial charge in [0.2, 0.25) is 0 Å². The fourth-order valence-corrected chi connectivity index (χ4v) is 8.27. The Labute approximate surface area is 254 Å². The Morgan fingerprint density at radius 3 is 1.55 bits per heavy atom. The number of piperidine rings is 3. The van der Waals surface area contributed by atoms with Crippen molar-refractivity contribution in [3.8, 4) is 0 Å². The summed E-state index contributed by atoms with van der Waals surface area (Å²) < 4.78 is 18.0. The Hall–Kier alpha value is -1.71. The van der Waals surface area contributed by atoms with Crippen LogP contribution in [0.15, 0.2) is 0 Å². The zero-order valence-corrected chi connectivity index (χ0v) is 28.4. The van der Waals surface area contributed by atoms with Crippen molar-refractivity contribution in [1.29, 1.82) is 0 Å². The monoisotopic (exact) mass is 593 g/mol. The lowest BCUT2D eigenvalue weighted by molar-refractivity contribution is -0.178. The van der Waals surface area contributed by atoms with Gasteiger partial charge in [-0.1, -0.05) is 6.92 Å². The van der Waals surface area contributed by atoms with E-state index in [1.54, 1.807) is 0 Å². The van der Waals surface area contributed by atoms with Crippen molar-refractivity contribution in [2.45, 2.75) is 180 Å². The van der Waals surface area contributed by atoms with Gasteiger partial charge in [-0.2, -0.15) is 0 Å². The van der Waals surface area contributed by atoms with E-state index in [2.05, 4.69) is 99.0 Å². The molecule has 242 valence electrons. The topological polar surface area (TPSA) is 115 Å². The van der Waals surface area contributed by atoms with Crippen LogP contribution in [0.4, 0.5) is 0 Å². The molecule has 0 aromatic rings. The predicted molar refractivity (Wildman–Crippen MR) is 164 cm³/mol. The molecule has 0 radical (unpaired) electrons. The van der Waals surface area contributed by atoms with Crippen molar-refractivity contribution in [2.75, 3.05) is 0 Å². The summed E-state index contributed by atoms with van der Waals surface area (Å²) in [7, 11) is 0. The second-order valence-corrected chi connectivity index (χ2v) is 16.6. The molecule has 4 unspecified atom stereocenters. The highest BCUT2D eigenvalue weighted by Crippen LogP contribution is 2.35. The van der Waals surface area contributed by atoms with E-state index in [1.807, 2.05) is 0 Å². The highest BCUT2D eigenvalue weighted by Gasteiger charge is 2.46. The Bertz CT molecular complexity index is 972. The zero-order chi connectivity index (χ0) is 31.9. The smallest absolute Gasteiger partial charge is 0.321 e. The van der Waals surface area contributed by atoms with E-state index < -0.39 is 30.2 Å². The van der Waals surface area contributed by atoms with E-state index in [1.165, 1.54) is 0 Å². The number of esters is 3. The molecule has 3 aliphatic heterocycles. The van der Waals surface area contributed by atoms with Gasteiger partial charge in [-0.15, -0.1) is 0 Å². The summed E-state index contributed by atoms with van der Waals surface area (Å²) in [6.45, 7) is 25.0. The van der Waals surface area contributed by atoms with Crippen molar-refractivity contribution in [3.05, 3.63) is 0 Å². The number of ether oxygens (including phenoxy) is 3. The summed E-state index contributed by atoms with van der Waals surface area (Å²) >= 11 is 0. The molecule has 0 amide bonds. The van der Waals surface area contributed by atoms with Crippen LogP contribution in [0, 0.1) is 11.8 Å². The van der Waals surface area contributed by atoms with Crippen molar-refractivity contribution in [2.24, 2.45) is 11.8 Å². The highest BCUT2D eigenvalue weighted by molar-refractivity contribution is 5.98. The van der Waals surface area contributed by atoms with Gasteiger partial charge in [0.05, 0.1) is 6.42 Å². The molecule has 0 bridgehead atoms. The normalized spacial score (nSPS) is 31.0. The highest BCUT2D eigenvalue weighted by atomic mass is 16.6. The average Bonchev–Trinajstić information content (AvgIpc) is 2.71. The molecule has 9 nitrogen and oxygen atoms in total. The molecule has 3 saturated heterocycles. The van der Waals surface area contributed by atoms with E-state index in [4.69, 9.17) is 14.2 Å². The van der Waals surface area contributed by atoms with Crippen LogP contribution in [0.25, 0.3) is 0 Å². The number of hydrogen-bond donors (Lipinski definition) is 3. The molecule has 0 spiro atoms. The first-order valence-corrected chi connectivity index (χ1v) is 16.0. The molecular weight excluding hydrogens is 534 g/mol. The van der Waals surface area contributed by atoms with E-state index in [0.717, 1.165) is 6.42 Å². The largest absolute Gasteiger partial charge is 0.462 e. The first-order chi connectivity index (χ1) is 19.0. The minimum atomic E-state index is -1.38. The molecule has 3 rings (SSSR count). The minimum absolute atomic E-state index is 0.0933. The number of carbonyl (C=O) groups excluding carboxylic acids is 3. The third kappa shape index (κ3) is 9.65. The molecule has 3 fully saturated rings. The van der Waals surface area contributed by atoms with Gasteiger partial charge in [0.1, 0.15) is 18.3 Å². The van der Waals surface area contributed by atoms with Crippen LogP contribution in [0.2, 0.25) is 0 Å². The second kappa shape index (κ2) is 12.4. The predicted octanol–water partition coefficient (Wildman–Crippen LogP) is 4.80. The summed E-state index contributed by atoms with van der Waals surface area (Å²) in [5.41, 5.74) is -1.16. The fourth-order valence-electron chi connectivity index (χ4n) is 8.27. The number of carbonyl (C=O) groups is 3. The van der Waals surface area contributed by atoms with Gasteiger partial charge in [0, 0.05) is 71.8 Å². The Morgan fingerprint density at radius 1 is 0.667 bits per heavy atom. The molecule has 0 saturated carbocycles. The van der Waals surface area contributed by atoms with Crippen LogP contribution in [0.5, 0.6) is 0 Å². The van der Waals surface area contributed by atoms with Gasteiger partial charge in [-0.3, -0.25) is 14.4 Å². The SMILES string of the molecule is CCC1C(C)NC(C)(C)CC1OC(=O)C(CC(=O)OC1CC(C)(C)NC(C)(C)C1)C(=O)OC1CC(C)(C)NC(C)(C)C1. The maximum absolute atomic E-state index is 13.8. The molecule has 3 N–H and O–H groups in total. The maximum atomic E-state index is 13.8. The maximum Gasteiger partial charge on any atom is 0.321 e. The summed E-state index contributed by atoms with van der Waals surface area (Å²) in [5.74, 6) is -3.29. The Kier molecular flexibility index (Phi) is 10.2. The van der Waals surface area contributed by atoms with Gasteiger partial charge in [0.15, 0.2) is 5.92 Å². The van der Waals surface area contributed by atoms with Crippen molar-refractivity contribution in [3.63, 3.8) is 0 Å². The van der Waals surface area contributed by atoms with Gasteiger partial charge in [0.25, 0.3) is 0 Å². The van der Waals surface area contributed by atoms with Crippen molar-refractivity contribution in [1.82, 2.24) is 16.0 Å². The molecule has 0 aromatic heterocycles. The Morgan fingerprint density at radius 2 is 1.10 bits per heavy atom. The van der Waals surface area contributed by atoms with Gasteiger partial charge < -0.3 is 30.2 Å². The van der Waals surface area contributed by atoms with Crippen LogP contribution >= 0.6 is 0 Å². The van der Waals surface area contributed by atoms with Crippen LogP contribution in [-0.2, 0) is 28.6 Å². The van der Waals surface area contributed by atoms with Crippen LogP contribution in [-0.4, -0.2) is 70.0 Å². The molecule has 0 aliphatic carbocycles. The molecule has 9 heteroatoms. The molecular formula is C33H59N3O6. The van der Waals surface area contributed by atoms with Crippen molar-refractivity contribution >= 4 is 17.9 Å². The average molecular weight is 594 g/mol. The summed E-state index contributed by atoms with van der Waals surface area (Å²) in [6, 6.07) is 0.137. The van der Waals surface area contributed by atoms with E-state index in [-0.39, 0.29) is 58.0 Å². The summed E-state index contributed by atoms with van der Waals surface area (Å²) in [4.78, 5) is 40.8. The zero-order valence-electron chi connectivity index (χ0n) is 28.4. The fraction of sp³-hybridized carbons (Fsp3) is 0.909. The van der Waals surface area contributed by atoms with Gasteiger partial charge in [-0.05, 0) is 82.6 Å². The van der Waals surface area contributed by atoms with Gasteiger partial charge >= 0.3 is 17.9 Å². The second-order valence-electron chi connectivity index (χ2n) is 16.6. The quantitative estimate of drug-likeness (QED) is 0.207. The first kappa shape index (κ1) is 34.8. The minimum Gasteiger partial charge on any atom is -0.462 e. The van der Waals surface area contributed by atoms with E-state index in [0.29, 0.717) is 32.1 Å². The molecule has 42 heavy (non-hydrogen) atoms. The van der Waals surface area contributed by atoms with E-state index in [9.17, 15) is 14.4 Å². The number of hydrogen-bond acceptors (Lipinski definition) is 9. The first-order valence-electron chi connectivity index (χ1n) is 16.0. The Balaban J connectivity index is 1.80. The van der Waals surface area contributed by atoms with Crippen LogP contribution in [0.1, 0.15) is 128 Å². The lowest BCUT2D eigenvalue weighted by atomic mass is 9.78. The standard InChI is InChI=1S/C33H59N3O6/c1-13-23-20(2)34-29(3,4)19-25(23)42-28(39)24(27(38)41-22-17-32(9,10)36-33(11,12)18-22)14-26(37)40-21-15-30(5,6)35-31(7,8)16-21/h20-25,34-36H,13-19H2,1-12H3. The third-order valence-corrected chi connectivity index (χ3v) is 9.01. The van der Waals surface area contributed by atoms with Crippen LogP contribution < -0.4 is 16.0 Å². The molecule has 4 atom stereocenters. The van der Waals surface area contributed by atoms with Crippen molar-refractivity contribution < 1.29 is 28.6 Å². The number of rotatable bonds is 8. The van der Waals surface area contributed by atoms with Crippen LogP contribution in [0.3, 0.4) is 0 Å². The molecule has 3 aliphatic rings. The third-order valence-electron chi connectivity index (χ3n) is 9.01. The number of nitrogens with one attached hydrogen (secondary N) is 3. The summed E-state index contributed by atoms with van der Waals surface area (Å²) in [5, 5.41) is 10.8. The lowest BCUT2D eigenvalue weighted by Gasteiger charge is -2.46. The molecule has 0 aromatic carbocycles. The van der Waals surface area contributed by atoms with Gasteiger partial charge in [-0.25, -0.2) is 0 Å². The molecule has 3 heterocycles. The lowest BCUT2D eigenvalue weighted by Crippen LogP contribution is -2.60. The summed E-state index contributed by atoms with van der Waals surface area (Å²) in [6.07, 6.45) is 2.44. The van der Waals surface area contributed by atoms with E-state index >= 15 is 0 Å².